The van der Waals surface area contributed by atoms with Crippen molar-refractivity contribution in [2.24, 2.45) is 11.1 Å². The van der Waals surface area contributed by atoms with Crippen LogP contribution >= 0.6 is 0 Å². The maximum absolute atomic E-state index is 12.5. The fraction of sp³-hybridized carbons (Fsp3) is 0.533. The largest absolute Gasteiger partial charge is 0.338 e. The normalized spacial score (nSPS) is 22.0. The van der Waals surface area contributed by atoms with Gasteiger partial charge in [0.05, 0.1) is 4.90 Å². The molecular weight excluding hydrogens is 302 g/mol. The van der Waals surface area contributed by atoms with Crippen LogP contribution in [-0.4, -0.2) is 45.4 Å². The Labute approximate surface area is 131 Å². The number of carbonyl (C=O) groups excluding carboxylic acids is 1. The van der Waals surface area contributed by atoms with E-state index < -0.39 is 10.0 Å². The minimum atomic E-state index is -3.49. The minimum Gasteiger partial charge on any atom is -0.338 e. The maximum atomic E-state index is 12.5. The Morgan fingerprint density at radius 1 is 1.36 bits per heavy atom. The quantitative estimate of drug-likeness (QED) is 0.837. The molecule has 1 unspecified atom stereocenters. The van der Waals surface area contributed by atoms with Gasteiger partial charge in [-0.1, -0.05) is 13.8 Å². The summed E-state index contributed by atoms with van der Waals surface area (Å²) in [6, 6.07) is 6.04. The van der Waals surface area contributed by atoms with E-state index in [1.807, 2.05) is 0 Å². The standard InChI is InChI=1S/C15H23N3O3S/c1-3-17-22(20,21)13-6-4-12(5-7-13)14(19)18-9-8-15(2,10-16)11-18/h4-7,17H,3,8-11,16H2,1-2H3. The molecule has 1 aromatic carbocycles. The van der Waals surface area contributed by atoms with Gasteiger partial charge in [-0.25, -0.2) is 13.1 Å². The summed E-state index contributed by atoms with van der Waals surface area (Å²) in [5, 5.41) is 0. The van der Waals surface area contributed by atoms with E-state index in [0.29, 0.717) is 31.7 Å². The van der Waals surface area contributed by atoms with Crippen LogP contribution in [0.3, 0.4) is 0 Å². The second-order valence-corrected chi connectivity index (χ2v) is 7.78. The highest BCUT2D eigenvalue weighted by Crippen LogP contribution is 2.29. The van der Waals surface area contributed by atoms with E-state index >= 15 is 0 Å². The first-order valence-corrected chi connectivity index (χ1v) is 8.89. The fourth-order valence-electron chi connectivity index (χ4n) is 2.60. The summed E-state index contributed by atoms with van der Waals surface area (Å²) in [4.78, 5) is 14.4. The van der Waals surface area contributed by atoms with Crippen molar-refractivity contribution < 1.29 is 13.2 Å². The molecule has 22 heavy (non-hydrogen) atoms. The fourth-order valence-corrected chi connectivity index (χ4v) is 3.64. The number of sulfonamides is 1. The molecule has 1 heterocycles. The van der Waals surface area contributed by atoms with Gasteiger partial charge >= 0.3 is 0 Å². The van der Waals surface area contributed by atoms with E-state index in [1.54, 1.807) is 24.0 Å². The molecule has 0 saturated carbocycles. The Kier molecular flexibility index (Phi) is 4.89. The molecule has 0 bridgehead atoms. The molecule has 1 amide bonds. The van der Waals surface area contributed by atoms with Crippen LogP contribution < -0.4 is 10.5 Å². The van der Waals surface area contributed by atoms with Gasteiger partial charge in [0.2, 0.25) is 10.0 Å². The number of carbonyl (C=O) groups is 1. The summed E-state index contributed by atoms with van der Waals surface area (Å²) >= 11 is 0. The first-order valence-electron chi connectivity index (χ1n) is 7.40. The molecule has 1 fully saturated rings. The van der Waals surface area contributed by atoms with Gasteiger partial charge in [0.25, 0.3) is 5.91 Å². The van der Waals surface area contributed by atoms with Crippen molar-refractivity contribution in [3.05, 3.63) is 29.8 Å². The number of amides is 1. The van der Waals surface area contributed by atoms with Gasteiger partial charge in [0.15, 0.2) is 0 Å². The number of benzene rings is 1. The lowest BCUT2D eigenvalue weighted by molar-refractivity contribution is 0.0777. The van der Waals surface area contributed by atoms with Crippen LogP contribution in [0.15, 0.2) is 29.2 Å². The molecule has 1 aromatic rings. The Balaban J connectivity index is 2.13. The lowest BCUT2D eigenvalue weighted by atomic mass is 9.90. The maximum Gasteiger partial charge on any atom is 0.253 e. The van der Waals surface area contributed by atoms with Gasteiger partial charge in [-0.3, -0.25) is 4.79 Å². The zero-order valence-corrected chi connectivity index (χ0v) is 13.8. The number of hydrogen-bond acceptors (Lipinski definition) is 4. The number of nitrogens with one attached hydrogen (secondary N) is 1. The van der Waals surface area contributed by atoms with Crippen LogP contribution in [0.4, 0.5) is 0 Å². The summed E-state index contributed by atoms with van der Waals surface area (Å²) in [6.45, 7) is 6.00. The Bertz CT molecular complexity index is 643. The lowest BCUT2D eigenvalue weighted by Gasteiger charge is -2.22. The van der Waals surface area contributed by atoms with Crippen molar-refractivity contribution in [1.29, 1.82) is 0 Å². The SMILES string of the molecule is CCNS(=O)(=O)c1ccc(C(=O)N2CCC(C)(CN)C2)cc1. The van der Waals surface area contributed by atoms with Crippen LogP contribution in [0.2, 0.25) is 0 Å². The van der Waals surface area contributed by atoms with Gasteiger partial charge in [0, 0.05) is 25.2 Å². The first kappa shape index (κ1) is 16.9. The molecule has 1 saturated heterocycles. The highest BCUT2D eigenvalue weighted by Gasteiger charge is 2.35. The van der Waals surface area contributed by atoms with Crippen LogP contribution in [-0.2, 0) is 10.0 Å². The molecular formula is C15H23N3O3S. The van der Waals surface area contributed by atoms with Crippen molar-refractivity contribution in [3.63, 3.8) is 0 Å². The summed E-state index contributed by atoms with van der Waals surface area (Å²) in [7, 11) is -3.49. The van der Waals surface area contributed by atoms with E-state index in [-0.39, 0.29) is 16.2 Å². The van der Waals surface area contributed by atoms with Crippen molar-refractivity contribution in [1.82, 2.24) is 9.62 Å². The zero-order valence-electron chi connectivity index (χ0n) is 13.0. The van der Waals surface area contributed by atoms with Crippen LogP contribution in [0.1, 0.15) is 30.6 Å². The zero-order chi connectivity index (χ0) is 16.4. The number of hydrogen-bond donors (Lipinski definition) is 2. The highest BCUT2D eigenvalue weighted by molar-refractivity contribution is 7.89. The van der Waals surface area contributed by atoms with E-state index in [4.69, 9.17) is 5.73 Å². The molecule has 1 aliphatic heterocycles. The molecule has 1 aliphatic rings. The van der Waals surface area contributed by atoms with E-state index in [2.05, 4.69) is 11.6 Å². The van der Waals surface area contributed by atoms with Crippen molar-refractivity contribution in [2.75, 3.05) is 26.2 Å². The molecule has 3 N–H and O–H groups in total. The molecule has 0 radical (unpaired) electrons. The van der Waals surface area contributed by atoms with Crippen LogP contribution in [0.25, 0.3) is 0 Å². The predicted molar refractivity (Wildman–Crippen MR) is 85.0 cm³/mol. The molecule has 0 aliphatic carbocycles. The summed E-state index contributed by atoms with van der Waals surface area (Å²) in [5.41, 5.74) is 6.23. The number of nitrogens with zero attached hydrogens (tertiary/aromatic N) is 1. The Morgan fingerprint density at radius 3 is 2.50 bits per heavy atom. The third-order valence-corrected chi connectivity index (χ3v) is 5.65. The molecule has 6 nitrogen and oxygen atoms in total. The summed E-state index contributed by atoms with van der Waals surface area (Å²) in [5.74, 6) is -0.0791. The lowest BCUT2D eigenvalue weighted by Crippen LogP contribution is -2.34. The second-order valence-electron chi connectivity index (χ2n) is 6.02. The molecule has 7 heteroatoms. The predicted octanol–water partition coefficient (Wildman–Crippen LogP) is 0.796. The van der Waals surface area contributed by atoms with E-state index in [0.717, 1.165) is 6.42 Å². The average molecular weight is 325 g/mol. The molecule has 1 atom stereocenters. The van der Waals surface area contributed by atoms with Crippen molar-refractivity contribution in [2.45, 2.75) is 25.2 Å². The highest BCUT2D eigenvalue weighted by atomic mass is 32.2. The second kappa shape index (κ2) is 6.36. The minimum absolute atomic E-state index is 0.0238. The van der Waals surface area contributed by atoms with Crippen molar-refractivity contribution in [3.8, 4) is 0 Å². The molecule has 0 spiro atoms. The molecule has 2 rings (SSSR count). The number of likely N-dealkylation sites (tertiary alicyclic amines) is 1. The molecule has 0 aromatic heterocycles. The first-order chi connectivity index (χ1) is 10.3. The Morgan fingerprint density at radius 2 is 2.00 bits per heavy atom. The summed E-state index contributed by atoms with van der Waals surface area (Å²) in [6.07, 6.45) is 0.891. The third-order valence-electron chi connectivity index (χ3n) is 4.08. The average Bonchev–Trinajstić information content (AvgIpc) is 2.90. The van der Waals surface area contributed by atoms with Gasteiger partial charge < -0.3 is 10.6 Å². The van der Waals surface area contributed by atoms with E-state index in [9.17, 15) is 13.2 Å². The topological polar surface area (TPSA) is 92.5 Å². The van der Waals surface area contributed by atoms with E-state index in [1.165, 1.54) is 12.1 Å². The van der Waals surface area contributed by atoms with Gasteiger partial charge in [-0.2, -0.15) is 0 Å². The smallest absolute Gasteiger partial charge is 0.253 e. The van der Waals surface area contributed by atoms with Crippen molar-refractivity contribution >= 4 is 15.9 Å². The number of nitrogens with two attached hydrogens (primary N) is 1. The van der Waals surface area contributed by atoms with Gasteiger partial charge in [-0.05, 0) is 42.6 Å². The third kappa shape index (κ3) is 3.48. The van der Waals surface area contributed by atoms with Crippen LogP contribution in [0.5, 0.6) is 0 Å². The Hall–Kier alpha value is -1.44. The van der Waals surface area contributed by atoms with Gasteiger partial charge in [-0.15, -0.1) is 0 Å². The summed E-state index contributed by atoms with van der Waals surface area (Å²) < 4.78 is 26.2. The number of rotatable bonds is 5. The molecule has 122 valence electrons. The van der Waals surface area contributed by atoms with Crippen LogP contribution in [0, 0.1) is 5.41 Å². The monoisotopic (exact) mass is 325 g/mol. The van der Waals surface area contributed by atoms with Gasteiger partial charge in [0.1, 0.15) is 0 Å².